The Bertz CT molecular complexity index is 575. The van der Waals surface area contributed by atoms with Gasteiger partial charge in [0.25, 0.3) is 0 Å². The lowest BCUT2D eigenvalue weighted by atomic mass is 9.69. The van der Waals surface area contributed by atoms with Gasteiger partial charge in [-0.2, -0.15) is 0 Å². The van der Waals surface area contributed by atoms with Crippen LogP contribution in [0, 0.1) is 0 Å². The number of hydrogen-bond acceptors (Lipinski definition) is 4. The van der Waals surface area contributed by atoms with Gasteiger partial charge in [-0.05, 0) is 31.0 Å². The maximum absolute atomic E-state index is 11.8. The second-order valence-electron chi connectivity index (χ2n) is 5.68. The van der Waals surface area contributed by atoms with Crippen molar-refractivity contribution >= 4 is 9.84 Å². The molecule has 1 aromatic rings. The van der Waals surface area contributed by atoms with E-state index in [0.29, 0.717) is 11.4 Å². The number of hydrogen-bond donors (Lipinski definition) is 1. The van der Waals surface area contributed by atoms with Crippen molar-refractivity contribution in [2.24, 2.45) is 5.73 Å². The third-order valence-electron chi connectivity index (χ3n) is 4.37. The molecule has 0 amide bonds. The Kier molecular flexibility index (Phi) is 4.39. The first kappa shape index (κ1) is 15.3. The van der Waals surface area contributed by atoms with Gasteiger partial charge in [-0.1, -0.05) is 19.3 Å². The molecular weight excluding hydrogens is 274 g/mol. The molecule has 0 heterocycles. The van der Waals surface area contributed by atoms with E-state index in [1.54, 1.807) is 25.3 Å². The van der Waals surface area contributed by atoms with Crippen molar-refractivity contribution < 1.29 is 13.2 Å². The molecule has 2 rings (SSSR count). The van der Waals surface area contributed by atoms with Crippen molar-refractivity contribution in [2.45, 2.75) is 42.4 Å². The Hall–Kier alpha value is -1.07. The Morgan fingerprint density at radius 1 is 1.25 bits per heavy atom. The van der Waals surface area contributed by atoms with Crippen LogP contribution in [0.25, 0.3) is 0 Å². The average molecular weight is 297 g/mol. The van der Waals surface area contributed by atoms with Gasteiger partial charge in [-0.25, -0.2) is 8.42 Å². The molecule has 0 atom stereocenters. The Balaban J connectivity index is 2.57. The number of sulfone groups is 1. The van der Waals surface area contributed by atoms with Gasteiger partial charge in [0.15, 0.2) is 9.84 Å². The summed E-state index contributed by atoms with van der Waals surface area (Å²) >= 11 is 0. The van der Waals surface area contributed by atoms with E-state index in [2.05, 4.69) is 0 Å². The van der Waals surface area contributed by atoms with E-state index in [1.165, 1.54) is 12.7 Å². The van der Waals surface area contributed by atoms with E-state index >= 15 is 0 Å². The summed E-state index contributed by atoms with van der Waals surface area (Å²) in [4.78, 5) is 0.340. The number of nitrogens with two attached hydrogens (primary N) is 1. The molecule has 0 radical (unpaired) electrons. The monoisotopic (exact) mass is 297 g/mol. The molecule has 1 saturated carbocycles. The minimum atomic E-state index is -3.22. The molecule has 0 spiro atoms. The molecule has 1 aliphatic carbocycles. The highest BCUT2D eigenvalue weighted by Crippen LogP contribution is 2.43. The van der Waals surface area contributed by atoms with Gasteiger partial charge in [0, 0.05) is 23.8 Å². The van der Waals surface area contributed by atoms with Crippen LogP contribution in [0.4, 0.5) is 0 Å². The first-order chi connectivity index (χ1) is 9.43. The van der Waals surface area contributed by atoms with E-state index in [4.69, 9.17) is 10.5 Å². The SMILES string of the molecule is COc1ccc(S(C)(=O)=O)cc1C1(CN)CCCCC1. The Morgan fingerprint density at radius 2 is 1.90 bits per heavy atom. The van der Waals surface area contributed by atoms with Crippen molar-refractivity contribution in [2.75, 3.05) is 19.9 Å². The van der Waals surface area contributed by atoms with Crippen molar-refractivity contribution in [3.63, 3.8) is 0 Å². The first-order valence-corrected chi connectivity index (χ1v) is 8.91. The van der Waals surface area contributed by atoms with E-state index in [0.717, 1.165) is 37.0 Å². The molecular formula is C15H23NO3S. The van der Waals surface area contributed by atoms with Crippen LogP contribution in [0.3, 0.4) is 0 Å². The second-order valence-corrected chi connectivity index (χ2v) is 7.70. The van der Waals surface area contributed by atoms with Crippen molar-refractivity contribution in [1.29, 1.82) is 0 Å². The molecule has 0 bridgehead atoms. The summed E-state index contributed by atoms with van der Waals surface area (Å²) in [6, 6.07) is 5.11. The molecule has 0 aromatic heterocycles. The van der Waals surface area contributed by atoms with Gasteiger partial charge in [0.1, 0.15) is 5.75 Å². The van der Waals surface area contributed by atoms with Gasteiger partial charge in [0.2, 0.25) is 0 Å². The molecule has 1 aromatic carbocycles. The van der Waals surface area contributed by atoms with Crippen LogP contribution in [0.15, 0.2) is 23.1 Å². The van der Waals surface area contributed by atoms with Gasteiger partial charge < -0.3 is 10.5 Å². The molecule has 4 nitrogen and oxygen atoms in total. The van der Waals surface area contributed by atoms with Crippen molar-refractivity contribution in [3.05, 3.63) is 23.8 Å². The van der Waals surface area contributed by atoms with Gasteiger partial charge in [-0.15, -0.1) is 0 Å². The molecule has 0 aliphatic heterocycles. The number of benzene rings is 1. The van der Waals surface area contributed by atoms with Crippen LogP contribution in [-0.2, 0) is 15.3 Å². The zero-order chi connectivity index (χ0) is 14.8. The topological polar surface area (TPSA) is 69.4 Å². The van der Waals surface area contributed by atoms with Crippen molar-refractivity contribution in [3.8, 4) is 5.75 Å². The lowest BCUT2D eigenvalue weighted by Gasteiger charge is -2.37. The maximum Gasteiger partial charge on any atom is 0.175 e. The molecule has 20 heavy (non-hydrogen) atoms. The van der Waals surface area contributed by atoms with Crippen LogP contribution in [0.5, 0.6) is 5.75 Å². The highest BCUT2D eigenvalue weighted by Gasteiger charge is 2.35. The van der Waals surface area contributed by atoms with Crippen LogP contribution in [0.1, 0.15) is 37.7 Å². The second kappa shape index (κ2) is 5.74. The lowest BCUT2D eigenvalue weighted by Crippen LogP contribution is -2.37. The molecule has 2 N–H and O–H groups in total. The van der Waals surface area contributed by atoms with Crippen LogP contribution < -0.4 is 10.5 Å². The lowest BCUT2D eigenvalue weighted by molar-refractivity contribution is 0.287. The fourth-order valence-corrected chi connectivity index (χ4v) is 3.79. The van der Waals surface area contributed by atoms with E-state index in [9.17, 15) is 8.42 Å². The number of rotatable bonds is 4. The van der Waals surface area contributed by atoms with Crippen LogP contribution in [-0.4, -0.2) is 28.3 Å². The smallest absolute Gasteiger partial charge is 0.175 e. The third kappa shape index (κ3) is 2.83. The van der Waals surface area contributed by atoms with Gasteiger partial charge >= 0.3 is 0 Å². The highest BCUT2D eigenvalue weighted by molar-refractivity contribution is 7.90. The molecule has 1 aliphatic rings. The average Bonchev–Trinajstić information content (AvgIpc) is 2.46. The van der Waals surface area contributed by atoms with Crippen LogP contribution in [0.2, 0.25) is 0 Å². The predicted molar refractivity (Wildman–Crippen MR) is 79.9 cm³/mol. The number of ether oxygens (including phenoxy) is 1. The van der Waals surface area contributed by atoms with Crippen LogP contribution >= 0.6 is 0 Å². The fourth-order valence-electron chi connectivity index (χ4n) is 3.14. The van der Waals surface area contributed by atoms with Crippen molar-refractivity contribution in [1.82, 2.24) is 0 Å². The summed E-state index contributed by atoms with van der Waals surface area (Å²) in [7, 11) is -1.60. The van der Waals surface area contributed by atoms with E-state index in [-0.39, 0.29) is 5.41 Å². The summed E-state index contributed by atoms with van der Waals surface area (Å²) in [6.07, 6.45) is 6.69. The predicted octanol–water partition coefficient (Wildman–Crippen LogP) is 2.26. The van der Waals surface area contributed by atoms with E-state index in [1.807, 2.05) is 0 Å². The number of methoxy groups -OCH3 is 1. The summed E-state index contributed by atoms with van der Waals surface area (Å²) in [6.45, 7) is 0.524. The maximum atomic E-state index is 11.8. The minimum Gasteiger partial charge on any atom is -0.496 e. The minimum absolute atomic E-state index is 0.149. The summed E-state index contributed by atoms with van der Waals surface area (Å²) in [5.41, 5.74) is 6.85. The Labute approximate surface area is 121 Å². The van der Waals surface area contributed by atoms with Gasteiger partial charge in [-0.3, -0.25) is 0 Å². The molecule has 0 saturated heterocycles. The first-order valence-electron chi connectivity index (χ1n) is 7.02. The molecule has 1 fully saturated rings. The third-order valence-corrected chi connectivity index (χ3v) is 5.48. The summed E-state index contributed by atoms with van der Waals surface area (Å²) in [5, 5.41) is 0. The fraction of sp³-hybridized carbons (Fsp3) is 0.600. The Morgan fingerprint density at radius 3 is 2.40 bits per heavy atom. The zero-order valence-electron chi connectivity index (χ0n) is 12.2. The molecule has 5 heteroatoms. The normalized spacial score (nSPS) is 18.8. The highest BCUT2D eigenvalue weighted by atomic mass is 32.2. The summed E-state index contributed by atoms with van der Waals surface area (Å²) in [5.74, 6) is 0.741. The molecule has 0 unspecified atom stereocenters. The largest absolute Gasteiger partial charge is 0.496 e. The zero-order valence-corrected chi connectivity index (χ0v) is 13.0. The molecule has 112 valence electrons. The summed E-state index contributed by atoms with van der Waals surface area (Å²) < 4.78 is 29.0. The van der Waals surface area contributed by atoms with Gasteiger partial charge in [0.05, 0.1) is 12.0 Å². The quantitative estimate of drug-likeness (QED) is 0.925. The standard InChI is InChI=1S/C15H23NO3S/c1-19-14-7-6-12(20(2,17)18)10-13(14)15(11-16)8-4-3-5-9-15/h6-7,10H,3-5,8-9,11,16H2,1-2H3. The van der Waals surface area contributed by atoms with E-state index < -0.39 is 9.84 Å².